The minimum Gasteiger partial charge on any atom is -0.481 e. The van der Waals surface area contributed by atoms with Crippen LogP contribution in [0.5, 0.6) is 0 Å². The van der Waals surface area contributed by atoms with Crippen molar-refractivity contribution in [2.24, 2.45) is 0 Å². The van der Waals surface area contributed by atoms with Crippen LogP contribution in [0, 0.1) is 5.41 Å². The minimum absolute atomic E-state index is 0.126. The highest BCUT2D eigenvalue weighted by atomic mass is 35.5. The van der Waals surface area contributed by atoms with Crippen molar-refractivity contribution in [1.29, 1.82) is 5.41 Å². The van der Waals surface area contributed by atoms with Gasteiger partial charge in [-0.05, 0) is 23.8 Å². The first-order chi connectivity index (χ1) is 13.7. The van der Waals surface area contributed by atoms with E-state index < -0.39 is 5.91 Å². The van der Waals surface area contributed by atoms with Crippen LogP contribution in [-0.4, -0.2) is 43.2 Å². The zero-order valence-electron chi connectivity index (χ0n) is 15.5. The van der Waals surface area contributed by atoms with Crippen LogP contribution in [0.25, 0.3) is 0 Å². The lowest BCUT2D eigenvalue weighted by Crippen LogP contribution is -2.44. The van der Waals surface area contributed by atoms with Crippen LogP contribution in [0.1, 0.15) is 5.56 Å². The number of rotatable bonds is 7. The third-order valence-electron chi connectivity index (χ3n) is 4.34. The van der Waals surface area contributed by atoms with E-state index in [2.05, 4.69) is 10.6 Å². The number of hydrogen-bond acceptors (Lipinski definition) is 5. The number of hydrogen-bond donors (Lipinski definition) is 3. The van der Waals surface area contributed by atoms with Crippen molar-refractivity contribution in [2.75, 3.05) is 31.5 Å². The topological polar surface area (TPSA) is 77.5 Å². The number of piperazine rings is 1. The Morgan fingerprint density at radius 1 is 1.18 bits per heavy atom. The molecule has 1 heterocycles. The Bertz CT molecular complexity index is 848. The molecule has 0 radical (unpaired) electrons. The fourth-order valence-corrected chi connectivity index (χ4v) is 3.14. The minimum atomic E-state index is -0.407. The van der Waals surface area contributed by atoms with Crippen LogP contribution < -0.4 is 10.6 Å². The molecular weight excluding hydrogens is 376 g/mol. The Morgan fingerprint density at radius 3 is 2.61 bits per heavy atom. The van der Waals surface area contributed by atoms with Crippen molar-refractivity contribution in [3.05, 3.63) is 76.6 Å². The summed E-state index contributed by atoms with van der Waals surface area (Å²) in [4.78, 5) is 15.0. The summed E-state index contributed by atoms with van der Waals surface area (Å²) in [7, 11) is 0. The maximum Gasteiger partial charge on any atom is 0.293 e. The molecule has 146 valence electrons. The SMILES string of the molecule is N=CC(=C(OCc1ccccc1)C(=O)Nc1cccc(Cl)c1)N1CCNCC1. The maximum absolute atomic E-state index is 13.0. The van der Waals surface area contributed by atoms with E-state index in [1.165, 1.54) is 6.21 Å². The number of amides is 1. The molecule has 3 rings (SSSR count). The molecule has 0 unspecified atom stereocenters. The lowest BCUT2D eigenvalue weighted by molar-refractivity contribution is -0.116. The molecule has 1 saturated heterocycles. The van der Waals surface area contributed by atoms with E-state index in [-0.39, 0.29) is 12.4 Å². The second-order valence-corrected chi connectivity index (χ2v) is 6.77. The average Bonchev–Trinajstić information content (AvgIpc) is 2.72. The number of nitrogens with one attached hydrogen (secondary N) is 3. The first-order valence-electron chi connectivity index (χ1n) is 9.11. The van der Waals surface area contributed by atoms with Crippen LogP contribution in [-0.2, 0) is 16.1 Å². The summed E-state index contributed by atoms with van der Waals surface area (Å²) in [5.41, 5.74) is 1.99. The molecule has 1 amide bonds. The summed E-state index contributed by atoms with van der Waals surface area (Å²) in [6.45, 7) is 3.22. The summed E-state index contributed by atoms with van der Waals surface area (Å²) < 4.78 is 5.92. The van der Waals surface area contributed by atoms with E-state index in [4.69, 9.17) is 21.7 Å². The Balaban J connectivity index is 1.86. The molecule has 1 fully saturated rings. The molecule has 6 nitrogen and oxygen atoms in total. The Labute approximate surface area is 169 Å². The zero-order chi connectivity index (χ0) is 19.8. The zero-order valence-corrected chi connectivity index (χ0v) is 16.2. The third kappa shape index (κ3) is 5.34. The monoisotopic (exact) mass is 398 g/mol. The maximum atomic E-state index is 13.0. The third-order valence-corrected chi connectivity index (χ3v) is 4.58. The van der Waals surface area contributed by atoms with E-state index in [0.717, 1.165) is 18.7 Å². The van der Waals surface area contributed by atoms with E-state index >= 15 is 0 Å². The van der Waals surface area contributed by atoms with E-state index in [0.29, 0.717) is 29.5 Å². The molecule has 1 aliphatic rings. The van der Waals surface area contributed by atoms with Gasteiger partial charge in [-0.2, -0.15) is 0 Å². The van der Waals surface area contributed by atoms with Gasteiger partial charge in [0.1, 0.15) is 12.3 Å². The molecule has 0 saturated carbocycles. The summed E-state index contributed by atoms with van der Waals surface area (Å²) in [5, 5.41) is 14.5. The van der Waals surface area contributed by atoms with Crippen molar-refractivity contribution >= 4 is 29.4 Å². The van der Waals surface area contributed by atoms with Gasteiger partial charge in [0.25, 0.3) is 5.91 Å². The summed E-state index contributed by atoms with van der Waals surface area (Å²) in [6.07, 6.45) is 1.18. The van der Waals surface area contributed by atoms with E-state index in [1.807, 2.05) is 35.2 Å². The smallest absolute Gasteiger partial charge is 0.293 e. The highest BCUT2D eigenvalue weighted by Crippen LogP contribution is 2.19. The molecule has 0 aliphatic carbocycles. The van der Waals surface area contributed by atoms with Gasteiger partial charge in [0.2, 0.25) is 5.76 Å². The van der Waals surface area contributed by atoms with Gasteiger partial charge in [0.05, 0.1) is 0 Å². The van der Waals surface area contributed by atoms with Crippen molar-refractivity contribution in [1.82, 2.24) is 10.2 Å². The molecule has 1 aliphatic heterocycles. The predicted octanol–water partition coefficient (Wildman–Crippen LogP) is 3.26. The van der Waals surface area contributed by atoms with E-state index in [1.54, 1.807) is 24.3 Å². The number of halogens is 1. The lowest BCUT2D eigenvalue weighted by atomic mass is 10.2. The standard InChI is InChI=1S/C21H23ClN4O2/c22-17-7-4-8-18(13-17)25-21(27)20(28-15-16-5-2-1-3-6-16)19(14-23)26-11-9-24-10-12-26/h1-8,13-14,23-24H,9-12,15H2,(H,25,27). The first kappa shape index (κ1) is 19.9. The van der Waals surface area contributed by atoms with Gasteiger partial charge in [0.15, 0.2) is 0 Å². The Hall–Kier alpha value is -2.83. The van der Waals surface area contributed by atoms with Crippen molar-refractivity contribution < 1.29 is 9.53 Å². The molecule has 0 spiro atoms. The largest absolute Gasteiger partial charge is 0.481 e. The molecule has 7 heteroatoms. The molecule has 2 aromatic carbocycles. The normalized spacial score (nSPS) is 14.8. The first-order valence-corrected chi connectivity index (χ1v) is 9.49. The van der Waals surface area contributed by atoms with Crippen molar-refractivity contribution in [2.45, 2.75) is 6.61 Å². The van der Waals surface area contributed by atoms with Gasteiger partial charge in [-0.1, -0.05) is 48.0 Å². The number of nitrogens with zero attached hydrogens (tertiary/aromatic N) is 1. The second kappa shape index (κ2) is 9.92. The Morgan fingerprint density at radius 2 is 1.93 bits per heavy atom. The van der Waals surface area contributed by atoms with E-state index in [9.17, 15) is 4.79 Å². The van der Waals surface area contributed by atoms with Gasteiger partial charge in [-0.3, -0.25) is 4.79 Å². The lowest BCUT2D eigenvalue weighted by Gasteiger charge is -2.31. The van der Waals surface area contributed by atoms with Gasteiger partial charge < -0.3 is 25.7 Å². The van der Waals surface area contributed by atoms with Gasteiger partial charge >= 0.3 is 0 Å². The molecule has 0 aromatic heterocycles. The second-order valence-electron chi connectivity index (χ2n) is 6.33. The number of benzene rings is 2. The van der Waals surface area contributed by atoms with Gasteiger partial charge in [0, 0.05) is 43.1 Å². The fourth-order valence-electron chi connectivity index (χ4n) is 2.95. The molecule has 2 aromatic rings. The number of allylic oxidation sites excluding steroid dienone is 1. The summed E-state index contributed by atoms with van der Waals surface area (Å²) in [6, 6.07) is 16.6. The molecule has 0 atom stereocenters. The van der Waals surface area contributed by atoms with Crippen molar-refractivity contribution in [3.63, 3.8) is 0 Å². The van der Waals surface area contributed by atoms with Gasteiger partial charge in [-0.25, -0.2) is 0 Å². The van der Waals surface area contributed by atoms with Crippen LogP contribution in [0.15, 0.2) is 66.1 Å². The highest BCUT2D eigenvalue weighted by molar-refractivity contribution is 6.31. The van der Waals surface area contributed by atoms with Crippen LogP contribution >= 0.6 is 11.6 Å². The van der Waals surface area contributed by atoms with Gasteiger partial charge in [-0.15, -0.1) is 0 Å². The number of carbonyl (C=O) groups excluding carboxylic acids is 1. The van der Waals surface area contributed by atoms with Crippen LogP contribution in [0.3, 0.4) is 0 Å². The molecule has 28 heavy (non-hydrogen) atoms. The Kier molecular flexibility index (Phi) is 7.06. The number of carbonyl (C=O) groups is 1. The van der Waals surface area contributed by atoms with Crippen LogP contribution in [0.4, 0.5) is 5.69 Å². The van der Waals surface area contributed by atoms with Crippen molar-refractivity contribution in [3.8, 4) is 0 Å². The molecule has 0 bridgehead atoms. The fraction of sp³-hybridized carbons (Fsp3) is 0.238. The molecular formula is C21H23ClN4O2. The summed E-state index contributed by atoms with van der Waals surface area (Å²) in [5.74, 6) is -0.282. The number of ether oxygens (including phenoxy) is 1. The van der Waals surface area contributed by atoms with Crippen LogP contribution in [0.2, 0.25) is 5.02 Å². The average molecular weight is 399 g/mol. The molecule has 3 N–H and O–H groups in total. The highest BCUT2D eigenvalue weighted by Gasteiger charge is 2.22. The quantitative estimate of drug-likeness (QED) is 0.380. The summed E-state index contributed by atoms with van der Waals surface area (Å²) >= 11 is 6.01. The number of anilines is 1. The predicted molar refractivity (Wildman–Crippen MR) is 112 cm³/mol.